The molecule has 6 heteroatoms. The molecule has 3 heterocycles. The first-order valence-corrected chi connectivity index (χ1v) is 10.5. The van der Waals surface area contributed by atoms with Crippen molar-refractivity contribution >= 4 is 22.1 Å². The Bertz CT molecular complexity index is 1080. The molecule has 0 saturated heterocycles. The molecule has 3 N–H and O–H groups in total. The van der Waals surface area contributed by atoms with E-state index in [2.05, 4.69) is 56.4 Å². The van der Waals surface area contributed by atoms with Gasteiger partial charge in [-0.15, -0.1) is 0 Å². The lowest BCUT2D eigenvalue weighted by atomic mass is 10.1. The molecule has 0 aliphatic rings. The van der Waals surface area contributed by atoms with E-state index in [1.54, 1.807) is 0 Å². The van der Waals surface area contributed by atoms with E-state index in [-0.39, 0.29) is 29.7 Å². The van der Waals surface area contributed by atoms with Gasteiger partial charge in [0, 0.05) is 48.1 Å². The normalized spacial score (nSPS) is 10.2. The lowest BCUT2D eigenvalue weighted by molar-refractivity contribution is 0.129. The van der Waals surface area contributed by atoms with Crippen molar-refractivity contribution in [3.8, 4) is 11.3 Å². The standard InChI is InChI=1S/C23H29N5O.4CH4/c1-3-4-11-29-12-5-9-24-15-17-6-7-20-18(13-17)14-21(28-20)19-8-10-25-23-22(19)26-16(2)27-23;;;;/h6-8,10,13-14,24,28H,3-5,9,11-12,15H2,1-2H3,(H,25,26,27);4*1H4. The topological polar surface area (TPSA) is 78.6 Å². The average molecular weight is 456 g/mol. The molecular formula is C27H45N5O. The number of aromatic nitrogens is 4. The number of hydrogen-bond acceptors (Lipinski definition) is 4. The van der Waals surface area contributed by atoms with Crippen LogP contribution in [0.5, 0.6) is 0 Å². The summed E-state index contributed by atoms with van der Waals surface area (Å²) >= 11 is 0. The van der Waals surface area contributed by atoms with E-state index in [1.165, 1.54) is 17.4 Å². The van der Waals surface area contributed by atoms with Crippen LogP contribution in [0.1, 0.15) is 67.3 Å². The highest BCUT2D eigenvalue weighted by atomic mass is 16.5. The van der Waals surface area contributed by atoms with E-state index in [9.17, 15) is 0 Å². The van der Waals surface area contributed by atoms with Crippen LogP contribution in [0.2, 0.25) is 0 Å². The van der Waals surface area contributed by atoms with Gasteiger partial charge in [0.1, 0.15) is 5.82 Å². The summed E-state index contributed by atoms with van der Waals surface area (Å²) in [6, 6.07) is 10.8. The Morgan fingerprint density at radius 2 is 1.76 bits per heavy atom. The monoisotopic (exact) mass is 455 g/mol. The summed E-state index contributed by atoms with van der Waals surface area (Å²) in [7, 11) is 0. The smallest absolute Gasteiger partial charge is 0.178 e. The maximum Gasteiger partial charge on any atom is 0.178 e. The molecule has 0 fully saturated rings. The van der Waals surface area contributed by atoms with Gasteiger partial charge in [0.2, 0.25) is 0 Å². The van der Waals surface area contributed by atoms with Crippen LogP contribution < -0.4 is 5.32 Å². The number of benzene rings is 1. The van der Waals surface area contributed by atoms with Crippen molar-refractivity contribution in [3.05, 3.63) is 47.9 Å². The third-order valence-corrected chi connectivity index (χ3v) is 5.10. The predicted octanol–water partition coefficient (Wildman–Crippen LogP) is 7.26. The van der Waals surface area contributed by atoms with Gasteiger partial charge in [0.05, 0.1) is 5.52 Å². The fraction of sp³-hybridized carbons (Fsp3) is 0.481. The van der Waals surface area contributed by atoms with Crippen molar-refractivity contribution in [2.24, 2.45) is 0 Å². The summed E-state index contributed by atoms with van der Waals surface area (Å²) in [6.07, 6.45) is 5.19. The predicted molar refractivity (Wildman–Crippen MR) is 145 cm³/mol. The van der Waals surface area contributed by atoms with Gasteiger partial charge in [-0.3, -0.25) is 0 Å². The highest BCUT2D eigenvalue weighted by Gasteiger charge is 2.11. The van der Waals surface area contributed by atoms with Gasteiger partial charge < -0.3 is 20.0 Å². The van der Waals surface area contributed by atoms with Crippen molar-refractivity contribution < 1.29 is 4.74 Å². The molecule has 0 radical (unpaired) electrons. The Labute approximate surface area is 200 Å². The van der Waals surface area contributed by atoms with Gasteiger partial charge in [-0.05, 0) is 56.1 Å². The number of ether oxygens (including phenoxy) is 1. The number of nitrogens with one attached hydrogen (secondary N) is 3. The number of fused-ring (bicyclic) bond motifs is 2. The Kier molecular flexibility index (Phi) is 13.3. The van der Waals surface area contributed by atoms with Gasteiger partial charge >= 0.3 is 0 Å². The molecule has 0 aliphatic carbocycles. The van der Waals surface area contributed by atoms with Crippen LogP contribution in [0.3, 0.4) is 0 Å². The molecule has 0 amide bonds. The summed E-state index contributed by atoms with van der Waals surface area (Å²) < 4.78 is 5.61. The van der Waals surface area contributed by atoms with E-state index in [0.29, 0.717) is 0 Å². The van der Waals surface area contributed by atoms with Crippen molar-refractivity contribution in [1.82, 2.24) is 25.3 Å². The Morgan fingerprint density at radius 3 is 2.55 bits per heavy atom. The molecule has 33 heavy (non-hydrogen) atoms. The minimum atomic E-state index is 0. The third-order valence-electron chi connectivity index (χ3n) is 5.10. The second-order valence-corrected chi connectivity index (χ2v) is 7.48. The number of aromatic amines is 2. The molecule has 4 rings (SSSR count). The molecule has 184 valence electrons. The Hall–Kier alpha value is -2.70. The number of nitrogens with zero attached hydrogens (tertiary/aromatic N) is 2. The van der Waals surface area contributed by atoms with Gasteiger partial charge in [-0.1, -0.05) is 49.1 Å². The molecular weight excluding hydrogens is 410 g/mol. The van der Waals surface area contributed by atoms with Gasteiger partial charge in [0.15, 0.2) is 5.65 Å². The number of pyridine rings is 1. The Morgan fingerprint density at radius 1 is 0.970 bits per heavy atom. The SMILES string of the molecule is C.C.C.C.CCCCOCCCNCc1ccc2[nH]c(-c3ccnc4nc(C)[nH]c34)cc2c1. The van der Waals surface area contributed by atoms with E-state index in [4.69, 9.17) is 4.74 Å². The largest absolute Gasteiger partial charge is 0.381 e. The van der Waals surface area contributed by atoms with Crippen molar-refractivity contribution in [3.63, 3.8) is 0 Å². The van der Waals surface area contributed by atoms with Crippen molar-refractivity contribution in [2.45, 2.75) is 69.4 Å². The molecule has 0 spiro atoms. The summed E-state index contributed by atoms with van der Waals surface area (Å²) in [5, 5.41) is 4.72. The van der Waals surface area contributed by atoms with Crippen LogP contribution >= 0.6 is 0 Å². The molecule has 6 nitrogen and oxygen atoms in total. The van der Waals surface area contributed by atoms with E-state index >= 15 is 0 Å². The zero-order valence-corrected chi connectivity index (χ0v) is 17.2. The van der Waals surface area contributed by atoms with Gasteiger partial charge in [0.25, 0.3) is 0 Å². The summed E-state index contributed by atoms with van der Waals surface area (Å²) in [5.41, 5.74) is 6.31. The van der Waals surface area contributed by atoms with Crippen LogP contribution in [0, 0.1) is 6.92 Å². The molecule has 4 aromatic rings. The number of hydrogen-bond donors (Lipinski definition) is 3. The molecule has 0 saturated carbocycles. The lowest BCUT2D eigenvalue weighted by Gasteiger charge is -2.06. The summed E-state index contributed by atoms with van der Waals surface area (Å²) in [4.78, 5) is 15.6. The molecule has 3 aromatic heterocycles. The Balaban J connectivity index is 0.00000256. The van der Waals surface area contributed by atoms with Crippen LogP contribution in [-0.2, 0) is 11.3 Å². The van der Waals surface area contributed by atoms with Crippen LogP contribution in [0.15, 0.2) is 36.5 Å². The number of H-pyrrole nitrogens is 2. The zero-order valence-electron chi connectivity index (χ0n) is 17.2. The first-order chi connectivity index (χ1) is 14.2. The zero-order chi connectivity index (χ0) is 20.1. The molecule has 1 aromatic carbocycles. The van der Waals surface area contributed by atoms with Crippen molar-refractivity contribution in [1.29, 1.82) is 0 Å². The first-order valence-electron chi connectivity index (χ1n) is 10.5. The minimum Gasteiger partial charge on any atom is -0.381 e. The molecule has 0 aliphatic heterocycles. The van der Waals surface area contributed by atoms with Crippen LogP contribution in [0.4, 0.5) is 0 Å². The highest BCUT2D eigenvalue weighted by molar-refractivity contribution is 5.94. The second kappa shape index (κ2) is 14.4. The molecule has 0 atom stereocenters. The number of imidazole rings is 1. The molecule has 0 bridgehead atoms. The van der Waals surface area contributed by atoms with Crippen molar-refractivity contribution in [2.75, 3.05) is 19.8 Å². The fourth-order valence-corrected chi connectivity index (χ4v) is 3.57. The minimum absolute atomic E-state index is 0. The quantitative estimate of drug-likeness (QED) is 0.220. The summed E-state index contributed by atoms with van der Waals surface area (Å²) in [6.45, 7) is 7.69. The lowest BCUT2D eigenvalue weighted by Crippen LogP contribution is -2.16. The second-order valence-electron chi connectivity index (χ2n) is 7.48. The van der Waals surface area contributed by atoms with Crippen LogP contribution in [0.25, 0.3) is 33.3 Å². The number of rotatable bonds is 10. The third kappa shape index (κ3) is 7.41. The highest BCUT2D eigenvalue weighted by Crippen LogP contribution is 2.29. The van der Waals surface area contributed by atoms with E-state index < -0.39 is 0 Å². The maximum atomic E-state index is 5.61. The first kappa shape index (κ1) is 30.3. The number of unbranched alkanes of at least 4 members (excludes halogenated alkanes) is 1. The molecule has 0 unspecified atom stereocenters. The van der Waals surface area contributed by atoms with Gasteiger partial charge in [-0.2, -0.15) is 0 Å². The number of aryl methyl sites for hydroxylation is 1. The van der Waals surface area contributed by atoms with Gasteiger partial charge in [-0.25, -0.2) is 9.97 Å². The maximum absolute atomic E-state index is 5.61. The average Bonchev–Trinajstić information content (AvgIpc) is 3.31. The van der Waals surface area contributed by atoms with E-state index in [1.807, 2.05) is 19.2 Å². The van der Waals surface area contributed by atoms with E-state index in [0.717, 1.165) is 72.9 Å². The summed E-state index contributed by atoms with van der Waals surface area (Å²) in [5.74, 6) is 0.875. The fourth-order valence-electron chi connectivity index (χ4n) is 3.57. The van der Waals surface area contributed by atoms with Crippen LogP contribution in [-0.4, -0.2) is 39.7 Å².